The van der Waals surface area contributed by atoms with Crippen molar-refractivity contribution in [3.05, 3.63) is 185 Å². The normalized spacial score (nSPS) is 12.1. The van der Waals surface area contributed by atoms with Crippen molar-refractivity contribution in [2.24, 2.45) is 0 Å². The molecule has 0 heterocycles. The quantitative estimate of drug-likeness (QED) is 0.0954. The van der Waals surface area contributed by atoms with Gasteiger partial charge in [0, 0.05) is 24.1 Å². The van der Waals surface area contributed by atoms with E-state index in [2.05, 4.69) is 0 Å². The monoisotopic (exact) mass is 668 g/mol. The molecule has 0 aromatic heterocycles. The summed E-state index contributed by atoms with van der Waals surface area (Å²) in [4.78, 5) is 0. The first-order valence-electron chi connectivity index (χ1n) is 16.5. The Kier molecular flexibility index (Phi) is 11.6. The highest BCUT2D eigenvalue weighted by Gasteiger charge is 2.25. The molecule has 2 unspecified atom stereocenters. The predicted octanol–water partition coefficient (Wildman–Crippen LogP) is 8.35. The third-order valence-electron chi connectivity index (χ3n) is 8.21. The van der Waals surface area contributed by atoms with Gasteiger partial charge in [0.1, 0.15) is 49.8 Å². The molecule has 0 amide bonds. The SMILES string of the molecule is Oc1cc(OCc2ccccc2)cc(OCc2ccccc2)c1CC(O)C(O)c1ccc(OCc2ccccc2)c(OCc2ccccc2)c1. The van der Waals surface area contributed by atoms with Gasteiger partial charge in [-0.2, -0.15) is 0 Å². The van der Waals surface area contributed by atoms with E-state index < -0.39 is 12.2 Å². The number of phenols is 1. The number of aliphatic hydroxyl groups excluding tert-OH is 2. The zero-order valence-corrected chi connectivity index (χ0v) is 27.6. The maximum Gasteiger partial charge on any atom is 0.162 e. The van der Waals surface area contributed by atoms with Crippen LogP contribution in [-0.2, 0) is 32.8 Å². The minimum Gasteiger partial charge on any atom is -0.507 e. The number of ether oxygens (including phenoxy) is 4. The van der Waals surface area contributed by atoms with Crippen LogP contribution in [0, 0.1) is 0 Å². The first kappa shape index (κ1) is 34.1. The molecule has 6 aromatic rings. The minimum atomic E-state index is -1.31. The highest BCUT2D eigenvalue weighted by Crippen LogP contribution is 2.38. The molecule has 0 saturated carbocycles. The zero-order valence-electron chi connectivity index (χ0n) is 27.6. The third kappa shape index (κ3) is 9.44. The van der Waals surface area contributed by atoms with Crippen molar-refractivity contribution < 1.29 is 34.3 Å². The maximum absolute atomic E-state index is 11.4. The second-order valence-electron chi connectivity index (χ2n) is 11.9. The minimum absolute atomic E-state index is 0.0947. The molecule has 2 atom stereocenters. The predicted molar refractivity (Wildman–Crippen MR) is 192 cm³/mol. The Morgan fingerprint density at radius 3 is 1.38 bits per heavy atom. The van der Waals surface area contributed by atoms with Gasteiger partial charge in [-0.25, -0.2) is 0 Å². The van der Waals surface area contributed by atoms with Crippen LogP contribution in [0.1, 0.15) is 39.5 Å². The summed E-state index contributed by atoms with van der Waals surface area (Å²) >= 11 is 0. The van der Waals surface area contributed by atoms with Crippen LogP contribution in [0.2, 0.25) is 0 Å². The summed E-state index contributed by atoms with van der Waals surface area (Å²) in [5.41, 5.74) is 4.67. The van der Waals surface area contributed by atoms with Gasteiger partial charge in [0.2, 0.25) is 0 Å². The third-order valence-corrected chi connectivity index (χ3v) is 8.21. The number of aromatic hydroxyl groups is 1. The molecule has 0 bridgehead atoms. The number of hydrogen-bond acceptors (Lipinski definition) is 7. The molecule has 254 valence electrons. The Balaban J connectivity index is 1.22. The van der Waals surface area contributed by atoms with E-state index in [0.29, 0.717) is 53.9 Å². The number of hydrogen-bond donors (Lipinski definition) is 3. The van der Waals surface area contributed by atoms with Crippen LogP contribution in [-0.4, -0.2) is 21.4 Å². The molecule has 3 N–H and O–H groups in total. The Hall–Kier alpha value is -5.76. The van der Waals surface area contributed by atoms with Crippen molar-refractivity contribution in [1.82, 2.24) is 0 Å². The van der Waals surface area contributed by atoms with E-state index in [0.717, 1.165) is 22.3 Å². The van der Waals surface area contributed by atoms with Crippen LogP contribution in [0.3, 0.4) is 0 Å². The van der Waals surface area contributed by atoms with Gasteiger partial charge in [0.25, 0.3) is 0 Å². The first-order chi connectivity index (χ1) is 24.5. The molecular formula is C43H40O7. The van der Waals surface area contributed by atoms with Crippen LogP contribution in [0.4, 0.5) is 0 Å². The summed E-state index contributed by atoms with van der Waals surface area (Å²) in [5, 5.41) is 34.0. The maximum atomic E-state index is 11.4. The van der Waals surface area contributed by atoms with Gasteiger partial charge in [0.05, 0.1) is 6.10 Å². The van der Waals surface area contributed by atoms with Gasteiger partial charge in [-0.15, -0.1) is 0 Å². The number of phenolic OH excluding ortho intramolecular Hbond substituents is 1. The van der Waals surface area contributed by atoms with Crippen molar-refractivity contribution in [2.75, 3.05) is 0 Å². The van der Waals surface area contributed by atoms with Crippen molar-refractivity contribution in [2.45, 2.75) is 45.1 Å². The second kappa shape index (κ2) is 17.1. The molecular weight excluding hydrogens is 628 g/mol. The van der Waals surface area contributed by atoms with E-state index in [9.17, 15) is 15.3 Å². The van der Waals surface area contributed by atoms with Crippen LogP contribution < -0.4 is 18.9 Å². The molecule has 0 radical (unpaired) electrons. The summed E-state index contributed by atoms with van der Waals surface area (Å²) in [6.07, 6.45) is -2.70. The molecule has 0 saturated heterocycles. The fraction of sp³-hybridized carbons (Fsp3) is 0.163. The molecule has 0 aliphatic rings. The summed E-state index contributed by atoms with van der Waals surface area (Å²) in [5.74, 6) is 1.60. The first-order valence-corrected chi connectivity index (χ1v) is 16.5. The highest BCUT2D eigenvalue weighted by molar-refractivity contribution is 5.51. The molecule has 7 nitrogen and oxygen atoms in total. The fourth-order valence-electron chi connectivity index (χ4n) is 5.45. The lowest BCUT2D eigenvalue weighted by molar-refractivity contribution is 0.0180. The van der Waals surface area contributed by atoms with Gasteiger partial charge in [-0.3, -0.25) is 0 Å². The van der Waals surface area contributed by atoms with Gasteiger partial charge >= 0.3 is 0 Å². The molecule has 50 heavy (non-hydrogen) atoms. The van der Waals surface area contributed by atoms with E-state index >= 15 is 0 Å². The lowest BCUT2D eigenvalue weighted by atomic mass is 9.97. The molecule has 7 heteroatoms. The number of aliphatic hydroxyl groups is 2. The number of benzene rings is 6. The molecule has 0 fully saturated rings. The summed E-state index contributed by atoms with van der Waals surface area (Å²) in [7, 11) is 0. The van der Waals surface area contributed by atoms with Crippen LogP contribution in [0.15, 0.2) is 152 Å². The topological polar surface area (TPSA) is 97.6 Å². The van der Waals surface area contributed by atoms with Crippen molar-refractivity contribution in [3.63, 3.8) is 0 Å². The van der Waals surface area contributed by atoms with Gasteiger partial charge in [-0.05, 0) is 39.9 Å². The Morgan fingerprint density at radius 1 is 0.440 bits per heavy atom. The molecule has 0 aliphatic heterocycles. The summed E-state index contributed by atoms with van der Waals surface area (Å²) in [6, 6.07) is 47.3. The molecule has 6 rings (SSSR count). The standard InChI is InChI=1S/C43H40O7/c44-38-24-36(47-27-31-13-5-1-6-14-31)25-41(49-29-33-17-9-3-10-18-33)37(38)26-39(45)43(46)35-21-22-40(48-28-32-15-7-2-8-16-32)42(23-35)50-30-34-19-11-4-12-20-34/h1-25,39,43-46H,26-30H2. The Labute approximate surface area is 292 Å². The van der Waals surface area contributed by atoms with Crippen LogP contribution in [0.5, 0.6) is 28.7 Å². The van der Waals surface area contributed by atoms with E-state index in [-0.39, 0.29) is 18.8 Å². The van der Waals surface area contributed by atoms with Gasteiger partial charge in [0.15, 0.2) is 11.5 Å². The smallest absolute Gasteiger partial charge is 0.162 e. The van der Waals surface area contributed by atoms with E-state index in [1.807, 2.05) is 121 Å². The zero-order chi connectivity index (χ0) is 34.5. The van der Waals surface area contributed by atoms with Crippen LogP contribution >= 0.6 is 0 Å². The molecule has 6 aromatic carbocycles. The largest absolute Gasteiger partial charge is 0.507 e. The highest BCUT2D eigenvalue weighted by atomic mass is 16.5. The average Bonchev–Trinajstić information content (AvgIpc) is 3.17. The molecule has 0 spiro atoms. The number of rotatable bonds is 16. The Morgan fingerprint density at radius 2 is 0.880 bits per heavy atom. The average molecular weight is 669 g/mol. The lowest BCUT2D eigenvalue weighted by Gasteiger charge is -2.22. The van der Waals surface area contributed by atoms with E-state index in [1.165, 1.54) is 6.07 Å². The second-order valence-corrected chi connectivity index (χ2v) is 11.9. The van der Waals surface area contributed by atoms with Gasteiger partial charge < -0.3 is 34.3 Å². The Bertz CT molecular complexity index is 1920. The molecule has 0 aliphatic carbocycles. The summed E-state index contributed by atoms with van der Waals surface area (Å²) in [6.45, 7) is 1.17. The van der Waals surface area contributed by atoms with Crippen molar-refractivity contribution >= 4 is 0 Å². The lowest BCUT2D eigenvalue weighted by Crippen LogP contribution is -2.21. The van der Waals surface area contributed by atoms with Gasteiger partial charge in [-0.1, -0.05) is 127 Å². The van der Waals surface area contributed by atoms with Crippen LogP contribution in [0.25, 0.3) is 0 Å². The van der Waals surface area contributed by atoms with E-state index in [4.69, 9.17) is 18.9 Å². The summed E-state index contributed by atoms with van der Waals surface area (Å²) < 4.78 is 24.5. The fourth-order valence-corrected chi connectivity index (χ4v) is 5.45. The van der Waals surface area contributed by atoms with Crippen molar-refractivity contribution in [1.29, 1.82) is 0 Å². The van der Waals surface area contributed by atoms with E-state index in [1.54, 1.807) is 24.3 Å². The van der Waals surface area contributed by atoms with Crippen molar-refractivity contribution in [3.8, 4) is 28.7 Å².